The predicted octanol–water partition coefficient (Wildman–Crippen LogP) is 7.23. The van der Waals surface area contributed by atoms with Gasteiger partial charge in [-0.2, -0.15) is 0 Å². The van der Waals surface area contributed by atoms with Crippen LogP contribution in [0.15, 0.2) is 24.3 Å². The standard InChI is InChI=1S/C35H52O4/c1-6-23-30-19-22(36)13-15-35(30,4)29-14-16-34(3)27(11-12-28(34)31(29)32(23)37)20(2)17-21-18-26(21)24-9-7-8-10-25(24)33(38)39-5/h7-10,20-23,26-32,36-37H,6,11-19H2,1-5H3/t20-,21?,22-,23-,26?,27-,28?,29?,30+,31?,32-,34-,35-/m1/s1. The van der Waals surface area contributed by atoms with Gasteiger partial charge in [-0.05, 0) is 134 Å². The first-order valence-corrected chi connectivity index (χ1v) is 16.2. The lowest BCUT2D eigenvalue weighted by Gasteiger charge is -2.64. The van der Waals surface area contributed by atoms with Crippen LogP contribution < -0.4 is 0 Å². The van der Waals surface area contributed by atoms with Crippen LogP contribution in [0.5, 0.6) is 0 Å². The maximum atomic E-state index is 12.4. The molecule has 0 heterocycles. The number of carbonyl (C=O) groups is 1. The van der Waals surface area contributed by atoms with Crippen LogP contribution in [-0.4, -0.2) is 35.5 Å². The fraction of sp³-hybridized carbons (Fsp3) is 0.800. The van der Waals surface area contributed by atoms with Crippen LogP contribution in [-0.2, 0) is 4.74 Å². The van der Waals surface area contributed by atoms with Crippen LogP contribution >= 0.6 is 0 Å². The lowest BCUT2D eigenvalue weighted by molar-refractivity contribution is -0.203. The van der Waals surface area contributed by atoms with Crippen LogP contribution in [0.2, 0.25) is 0 Å². The topological polar surface area (TPSA) is 66.8 Å². The number of hydrogen-bond donors (Lipinski definition) is 2. The van der Waals surface area contributed by atoms with Crippen LogP contribution in [0, 0.1) is 58.2 Å². The van der Waals surface area contributed by atoms with Gasteiger partial charge in [-0.15, -0.1) is 0 Å². The molecule has 0 bridgehead atoms. The summed E-state index contributed by atoms with van der Waals surface area (Å²) in [5.41, 5.74) is 2.49. The molecule has 0 amide bonds. The fourth-order valence-electron chi connectivity index (χ4n) is 11.6. The first kappa shape index (κ1) is 27.8. The van der Waals surface area contributed by atoms with Crippen molar-refractivity contribution in [2.75, 3.05) is 7.11 Å². The molecule has 4 nitrogen and oxygen atoms in total. The van der Waals surface area contributed by atoms with E-state index in [0.29, 0.717) is 58.7 Å². The lowest BCUT2D eigenvalue weighted by Crippen LogP contribution is -2.62. The summed E-state index contributed by atoms with van der Waals surface area (Å²) in [7, 11) is 1.47. The van der Waals surface area contributed by atoms with E-state index in [9.17, 15) is 15.0 Å². The average molecular weight is 537 g/mol. The Morgan fingerprint density at radius 3 is 2.46 bits per heavy atom. The average Bonchev–Trinajstić information content (AvgIpc) is 3.59. The Labute approximate surface area is 236 Å². The molecule has 0 radical (unpaired) electrons. The number of aliphatic hydroxyl groups is 2. The van der Waals surface area contributed by atoms with Crippen molar-refractivity contribution >= 4 is 5.97 Å². The van der Waals surface area contributed by atoms with Gasteiger partial charge in [0, 0.05) is 0 Å². The van der Waals surface area contributed by atoms with Crippen molar-refractivity contribution < 1.29 is 19.7 Å². The van der Waals surface area contributed by atoms with E-state index < -0.39 is 0 Å². The third-order valence-electron chi connectivity index (χ3n) is 13.5. The van der Waals surface area contributed by atoms with Crippen LogP contribution in [0.3, 0.4) is 0 Å². The van der Waals surface area contributed by atoms with Gasteiger partial charge in [-0.1, -0.05) is 52.3 Å². The van der Waals surface area contributed by atoms with Gasteiger partial charge in [-0.25, -0.2) is 4.79 Å². The summed E-state index contributed by atoms with van der Waals surface area (Å²) in [6, 6.07) is 8.03. The predicted molar refractivity (Wildman–Crippen MR) is 154 cm³/mol. The largest absolute Gasteiger partial charge is 0.465 e. The first-order valence-electron chi connectivity index (χ1n) is 16.2. The van der Waals surface area contributed by atoms with E-state index in [0.717, 1.165) is 31.2 Å². The molecule has 0 aromatic heterocycles. The third-order valence-corrected chi connectivity index (χ3v) is 13.5. The minimum atomic E-state index is -0.218. The number of rotatable bonds is 6. The second-order valence-electron chi connectivity index (χ2n) is 15.0. The van der Waals surface area contributed by atoms with Gasteiger partial charge in [0.15, 0.2) is 0 Å². The quantitative estimate of drug-likeness (QED) is 0.376. The van der Waals surface area contributed by atoms with Gasteiger partial charge in [0.2, 0.25) is 0 Å². The van der Waals surface area contributed by atoms with Crippen molar-refractivity contribution in [3.63, 3.8) is 0 Å². The smallest absolute Gasteiger partial charge is 0.338 e. The molecule has 39 heavy (non-hydrogen) atoms. The Bertz CT molecular complexity index is 1070. The highest BCUT2D eigenvalue weighted by Gasteiger charge is 2.65. The highest BCUT2D eigenvalue weighted by Crippen LogP contribution is 2.70. The third kappa shape index (κ3) is 4.33. The highest BCUT2D eigenvalue weighted by atomic mass is 16.5. The van der Waals surface area contributed by atoms with E-state index in [1.807, 2.05) is 12.1 Å². The van der Waals surface area contributed by atoms with E-state index in [1.165, 1.54) is 51.2 Å². The zero-order valence-corrected chi connectivity index (χ0v) is 24.9. The molecule has 5 fully saturated rings. The molecule has 13 atom stereocenters. The molecule has 216 valence electrons. The van der Waals surface area contributed by atoms with E-state index in [1.54, 1.807) is 0 Å². The number of benzene rings is 1. The Balaban J connectivity index is 1.18. The van der Waals surface area contributed by atoms with E-state index in [2.05, 4.69) is 39.8 Å². The second kappa shape index (κ2) is 10.2. The monoisotopic (exact) mass is 536 g/mol. The molecule has 5 aliphatic carbocycles. The normalized spacial score (nSPS) is 47.5. The van der Waals surface area contributed by atoms with Gasteiger partial charge >= 0.3 is 5.97 Å². The molecule has 0 spiro atoms. The number of methoxy groups -OCH3 is 1. The van der Waals surface area contributed by atoms with E-state index in [4.69, 9.17) is 4.74 Å². The molecular formula is C35H52O4. The SMILES string of the molecule is CC[C@H]1[C@@H](O)C2C3CC[C@H]([C@H](C)CC4CC4c4ccccc4C(=O)OC)[C@@]3(C)CCC2[C@@]2(C)CC[C@@H](O)C[C@@H]12. The van der Waals surface area contributed by atoms with Crippen molar-refractivity contribution in [2.45, 2.75) is 110 Å². The lowest BCUT2D eigenvalue weighted by atomic mass is 9.41. The summed E-state index contributed by atoms with van der Waals surface area (Å²) in [6.07, 6.45) is 11.1. The molecule has 1 aromatic carbocycles. The van der Waals surface area contributed by atoms with Gasteiger partial charge < -0.3 is 14.9 Å². The van der Waals surface area contributed by atoms with E-state index >= 15 is 0 Å². The molecule has 0 aliphatic heterocycles. The summed E-state index contributed by atoms with van der Waals surface area (Å²) in [6.45, 7) is 9.89. The molecule has 5 aliphatic rings. The summed E-state index contributed by atoms with van der Waals surface area (Å²) in [5, 5.41) is 22.5. The van der Waals surface area contributed by atoms with Crippen molar-refractivity contribution in [1.82, 2.24) is 0 Å². The molecule has 1 aromatic rings. The van der Waals surface area contributed by atoms with Crippen molar-refractivity contribution in [3.05, 3.63) is 35.4 Å². The number of esters is 1. The van der Waals surface area contributed by atoms with Crippen molar-refractivity contribution in [3.8, 4) is 0 Å². The number of hydrogen-bond acceptors (Lipinski definition) is 4. The Morgan fingerprint density at radius 2 is 1.72 bits per heavy atom. The minimum Gasteiger partial charge on any atom is -0.465 e. The number of aliphatic hydroxyl groups excluding tert-OH is 2. The minimum absolute atomic E-state index is 0.183. The zero-order chi connectivity index (χ0) is 27.7. The maximum absolute atomic E-state index is 12.4. The Hall–Kier alpha value is -1.39. The van der Waals surface area contributed by atoms with Crippen LogP contribution in [0.1, 0.15) is 114 Å². The summed E-state index contributed by atoms with van der Waals surface area (Å²) < 4.78 is 5.07. The summed E-state index contributed by atoms with van der Waals surface area (Å²) in [4.78, 5) is 12.4. The number of ether oxygens (including phenoxy) is 1. The van der Waals surface area contributed by atoms with Crippen LogP contribution in [0.25, 0.3) is 0 Å². The molecule has 6 rings (SSSR count). The molecular weight excluding hydrogens is 484 g/mol. The van der Waals surface area contributed by atoms with E-state index in [-0.39, 0.29) is 23.6 Å². The Kier molecular flexibility index (Phi) is 7.23. The molecule has 5 saturated carbocycles. The Morgan fingerprint density at radius 1 is 1.00 bits per heavy atom. The van der Waals surface area contributed by atoms with Gasteiger partial charge in [0.1, 0.15) is 0 Å². The molecule has 4 heteroatoms. The summed E-state index contributed by atoms with van der Waals surface area (Å²) in [5.74, 6) is 4.72. The van der Waals surface area contributed by atoms with Gasteiger partial charge in [-0.3, -0.25) is 0 Å². The number of fused-ring (bicyclic) bond motifs is 5. The van der Waals surface area contributed by atoms with Gasteiger partial charge in [0.25, 0.3) is 0 Å². The first-order chi connectivity index (χ1) is 18.6. The number of carbonyl (C=O) groups excluding carboxylic acids is 1. The molecule has 0 saturated heterocycles. The fourth-order valence-corrected chi connectivity index (χ4v) is 11.6. The van der Waals surface area contributed by atoms with Crippen LogP contribution in [0.4, 0.5) is 0 Å². The van der Waals surface area contributed by atoms with Crippen molar-refractivity contribution in [1.29, 1.82) is 0 Å². The maximum Gasteiger partial charge on any atom is 0.338 e. The molecule has 2 N–H and O–H groups in total. The highest BCUT2D eigenvalue weighted by molar-refractivity contribution is 5.91. The van der Waals surface area contributed by atoms with Crippen molar-refractivity contribution in [2.24, 2.45) is 58.2 Å². The molecule has 5 unspecified atom stereocenters. The second-order valence-corrected chi connectivity index (χ2v) is 15.0. The summed E-state index contributed by atoms with van der Waals surface area (Å²) >= 11 is 0. The van der Waals surface area contributed by atoms with Gasteiger partial charge in [0.05, 0.1) is 24.9 Å². The zero-order valence-electron chi connectivity index (χ0n) is 24.9.